The summed E-state index contributed by atoms with van der Waals surface area (Å²) in [7, 11) is 1.67. The maximum atomic E-state index is 12.5. The molecule has 0 bridgehead atoms. The van der Waals surface area contributed by atoms with E-state index in [1.54, 1.807) is 18.8 Å². The third-order valence-electron chi connectivity index (χ3n) is 5.44. The molecule has 0 aliphatic carbocycles. The SMILES string of the molecule is CCCCCCCCCCCCn1c(SCCCC)nc2c1c(=O)[nH]c(=O)n2C. The first-order valence-electron chi connectivity index (χ1n) is 11.4. The fourth-order valence-corrected chi connectivity index (χ4v) is 4.70. The molecule has 2 heterocycles. The highest BCUT2D eigenvalue weighted by molar-refractivity contribution is 7.99. The van der Waals surface area contributed by atoms with E-state index < -0.39 is 5.69 Å². The Balaban J connectivity index is 1.94. The number of thioether (sulfide) groups is 1. The van der Waals surface area contributed by atoms with Crippen molar-refractivity contribution >= 4 is 22.9 Å². The number of unbranched alkanes of at least 4 members (excludes halogenated alkanes) is 10. The predicted octanol–water partition coefficient (Wildman–Crippen LogP) is 5.24. The van der Waals surface area contributed by atoms with Gasteiger partial charge in [0.1, 0.15) is 0 Å². The Kier molecular flexibility index (Phi) is 10.6. The minimum atomic E-state index is -0.406. The summed E-state index contributed by atoms with van der Waals surface area (Å²) in [5.74, 6) is 0.976. The molecule has 2 aromatic rings. The number of aromatic nitrogens is 4. The van der Waals surface area contributed by atoms with Crippen molar-refractivity contribution in [3.8, 4) is 0 Å². The first-order valence-corrected chi connectivity index (χ1v) is 12.4. The Bertz CT molecular complexity index is 853. The second-order valence-corrected chi connectivity index (χ2v) is 8.98. The molecule has 2 rings (SSSR count). The first kappa shape index (κ1) is 23.8. The van der Waals surface area contributed by atoms with Gasteiger partial charge in [0, 0.05) is 19.3 Å². The largest absolute Gasteiger partial charge is 0.329 e. The summed E-state index contributed by atoms with van der Waals surface area (Å²) < 4.78 is 3.47. The van der Waals surface area contributed by atoms with Gasteiger partial charge >= 0.3 is 5.69 Å². The lowest BCUT2D eigenvalue weighted by atomic mass is 10.1. The zero-order valence-corrected chi connectivity index (χ0v) is 19.3. The lowest BCUT2D eigenvalue weighted by Gasteiger charge is -2.08. The van der Waals surface area contributed by atoms with Crippen molar-refractivity contribution in [2.75, 3.05) is 5.75 Å². The number of hydrogen-bond acceptors (Lipinski definition) is 4. The number of aromatic amines is 1. The van der Waals surface area contributed by atoms with Crippen molar-refractivity contribution in [3.05, 3.63) is 20.8 Å². The monoisotopic (exact) mass is 422 g/mol. The van der Waals surface area contributed by atoms with Crippen LogP contribution in [0.2, 0.25) is 0 Å². The quantitative estimate of drug-likeness (QED) is 0.315. The molecule has 0 amide bonds. The van der Waals surface area contributed by atoms with E-state index in [0.717, 1.165) is 43.1 Å². The molecule has 0 aliphatic heterocycles. The fraction of sp³-hybridized carbons (Fsp3) is 0.773. The second-order valence-electron chi connectivity index (χ2n) is 7.92. The molecule has 0 aliphatic rings. The van der Waals surface area contributed by atoms with Gasteiger partial charge < -0.3 is 4.57 Å². The van der Waals surface area contributed by atoms with Gasteiger partial charge in [0.15, 0.2) is 16.3 Å². The highest BCUT2D eigenvalue weighted by atomic mass is 32.2. The summed E-state index contributed by atoms with van der Waals surface area (Å²) in [6.45, 7) is 5.20. The van der Waals surface area contributed by atoms with E-state index >= 15 is 0 Å². The number of aryl methyl sites for hydroxylation is 2. The van der Waals surface area contributed by atoms with Crippen molar-refractivity contribution in [1.29, 1.82) is 0 Å². The Hall–Kier alpha value is -1.50. The van der Waals surface area contributed by atoms with Crippen LogP contribution in [0.3, 0.4) is 0 Å². The summed E-state index contributed by atoms with van der Waals surface area (Å²) in [4.78, 5) is 31.5. The predicted molar refractivity (Wildman–Crippen MR) is 123 cm³/mol. The molecule has 164 valence electrons. The Morgan fingerprint density at radius 3 is 2.07 bits per heavy atom. The summed E-state index contributed by atoms with van der Waals surface area (Å²) >= 11 is 1.69. The standard InChI is InChI=1S/C22H38N4O2S/c1-4-6-8-9-10-11-12-13-14-15-16-26-18-19(23-22(26)29-17-7-5-2)25(3)21(28)24-20(18)27/h4-17H2,1-3H3,(H,24,27,28). The van der Waals surface area contributed by atoms with E-state index in [0.29, 0.717) is 11.2 Å². The van der Waals surface area contributed by atoms with Crippen LogP contribution in [-0.2, 0) is 13.6 Å². The zero-order chi connectivity index (χ0) is 21.1. The number of hydrogen-bond donors (Lipinski definition) is 1. The van der Waals surface area contributed by atoms with E-state index in [-0.39, 0.29) is 5.56 Å². The lowest BCUT2D eigenvalue weighted by Crippen LogP contribution is -2.29. The van der Waals surface area contributed by atoms with Gasteiger partial charge in [-0.1, -0.05) is 89.8 Å². The summed E-state index contributed by atoms with van der Waals surface area (Å²) in [6, 6.07) is 0. The van der Waals surface area contributed by atoms with Crippen LogP contribution in [0, 0.1) is 0 Å². The molecule has 2 aromatic heterocycles. The van der Waals surface area contributed by atoms with Gasteiger partial charge in [-0.2, -0.15) is 0 Å². The normalized spacial score (nSPS) is 11.6. The summed E-state index contributed by atoms with van der Waals surface area (Å²) in [5, 5.41) is 0.857. The number of imidazole rings is 1. The van der Waals surface area contributed by atoms with Crippen LogP contribution < -0.4 is 11.2 Å². The summed E-state index contributed by atoms with van der Waals surface area (Å²) in [6.07, 6.45) is 15.1. The van der Waals surface area contributed by atoms with Gasteiger partial charge in [-0.25, -0.2) is 9.78 Å². The fourth-order valence-electron chi connectivity index (χ4n) is 3.60. The van der Waals surface area contributed by atoms with Crippen LogP contribution in [0.15, 0.2) is 14.7 Å². The Labute approximate surface area is 178 Å². The van der Waals surface area contributed by atoms with E-state index in [1.165, 1.54) is 55.9 Å². The molecule has 0 unspecified atom stereocenters. The van der Waals surface area contributed by atoms with Crippen LogP contribution in [0.1, 0.15) is 90.9 Å². The number of H-pyrrole nitrogens is 1. The number of nitrogens with one attached hydrogen (secondary N) is 1. The molecule has 0 aromatic carbocycles. The molecular weight excluding hydrogens is 384 g/mol. The van der Waals surface area contributed by atoms with Crippen LogP contribution in [0.25, 0.3) is 11.2 Å². The molecule has 0 radical (unpaired) electrons. The minimum absolute atomic E-state index is 0.329. The van der Waals surface area contributed by atoms with E-state index in [1.807, 2.05) is 4.57 Å². The minimum Gasteiger partial charge on any atom is -0.313 e. The van der Waals surface area contributed by atoms with Gasteiger partial charge in [-0.15, -0.1) is 0 Å². The molecular formula is C22H38N4O2S. The average Bonchev–Trinajstić information content (AvgIpc) is 3.07. The number of rotatable bonds is 15. The molecule has 7 heteroatoms. The van der Waals surface area contributed by atoms with Crippen LogP contribution in [0.5, 0.6) is 0 Å². The molecule has 0 saturated carbocycles. The van der Waals surface area contributed by atoms with Crippen LogP contribution in [-0.4, -0.2) is 24.9 Å². The molecule has 0 saturated heterocycles. The Morgan fingerprint density at radius 1 is 0.862 bits per heavy atom. The van der Waals surface area contributed by atoms with Gasteiger partial charge in [-0.05, 0) is 12.8 Å². The van der Waals surface area contributed by atoms with Gasteiger partial charge in [0.2, 0.25) is 0 Å². The number of nitrogens with zero attached hydrogens (tertiary/aromatic N) is 3. The third-order valence-corrected chi connectivity index (χ3v) is 6.50. The van der Waals surface area contributed by atoms with E-state index in [4.69, 9.17) is 0 Å². The smallest absolute Gasteiger partial charge is 0.313 e. The first-order chi connectivity index (χ1) is 14.1. The van der Waals surface area contributed by atoms with E-state index in [2.05, 4.69) is 23.8 Å². The number of fused-ring (bicyclic) bond motifs is 1. The van der Waals surface area contributed by atoms with Crippen molar-refractivity contribution in [1.82, 2.24) is 19.1 Å². The van der Waals surface area contributed by atoms with Crippen molar-refractivity contribution < 1.29 is 0 Å². The Morgan fingerprint density at radius 2 is 1.45 bits per heavy atom. The molecule has 0 atom stereocenters. The third kappa shape index (κ3) is 7.05. The average molecular weight is 423 g/mol. The van der Waals surface area contributed by atoms with Gasteiger partial charge in [-0.3, -0.25) is 14.3 Å². The molecule has 6 nitrogen and oxygen atoms in total. The van der Waals surface area contributed by atoms with Gasteiger partial charge in [0.25, 0.3) is 5.56 Å². The van der Waals surface area contributed by atoms with Crippen LogP contribution >= 0.6 is 11.8 Å². The van der Waals surface area contributed by atoms with Crippen molar-refractivity contribution in [2.24, 2.45) is 7.05 Å². The van der Waals surface area contributed by atoms with Crippen LogP contribution in [0.4, 0.5) is 0 Å². The zero-order valence-electron chi connectivity index (χ0n) is 18.5. The highest BCUT2D eigenvalue weighted by Crippen LogP contribution is 2.23. The van der Waals surface area contributed by atoms with Crippen molar-refractivity contribution in [3.63, 3.8) is 0 Å². The molecule has 0 spiro atoms. The maximum absolute atomic E-state index is 12.5. The second kappa shape index (κ2) is 12.9. The molecule has 1 N–H and O–H groups in total. The molecule has 0 fully saturated rings. The van der Waals surface area contributed by atoms with Crippen molar-refractivity contribution in [2.45, 2.75) is 103 Å². The highest BCUT2D eigenvalue weighted by Gasteiger charge is 2.17. The van der Waals surface area contributed by atoms with E-state index in [9.17, 15) is 9.59 Å². The lowest BCUT2D eigenvalue weighted by molar-refractivity contribution is 0.527. The molecule has 29 heavy (non-hydrogen) atoms. The van der Waals surface area contributed by atoms with Gasteiger partial charge in [0.05, 0.1) is 0 Å². The summed E-state index contributed by atoms with van der Waals surface area (Å²) in [5.41, 5.74) is 0.285. The maximum Gasteiger partial charge on any atom is 0.329 e. The topological polar surface area (TPSA) is 72.7 Å².